The third-order valence-electron chi connectivity index (χ3n) is 5.33. The van der Waals surface area contributed by atoms with E-state index in [1.807, 2.05) is 4.90 Å². The number of benzene rings is 1. The van der Waals surface area contributed by atoms with Crippen LogP contribution in [-0.4, -0.2) is 81.0 Å². The number of hydrogen-bond acceptors (Lipinski definition) is 6. The SMILES string of the molecule is O=C(c1cc(F)cc(F)c1)N1CCN(c2ccc(S(=O)(=O)N3CCOCC3)cn2)CC1. The second kappa shape index (κ2) is 8.85. The summed E-state index contributed by atoms with van der Waals surface area (Å²) in [4.78, 5) is 20.4. The molecule has 0 bridgehead atoms. The van der Waals surface area contributed by atoms with Crippen LogP contribution in [0.5, 0.6) is 0 Å². The Bertz CT molecular complexity index is 1030. The molecule has 0 radical (unpaired) electrons. The average Bonchev–Trinajstić information content (AvgIpc) is 2.79. The molecule has 1 amide bonds. The van der Waals surface area contributed by atoms with Gasteiger partial charge in [0.25, 0.3) is 5.91 Å². The van der Waals surface area contributed by atoms with E-state index in [4.69, 9.17) is 4.74 Å². The zero-order valence-electron chi connectivity index (χ0n) is 16.7. The molecule has 11 heteroatoms. The van der Waals surface area contributed by atoms with Gasteiger partial charge in [-0.25, -0.2) is 22.2 Å². The summed E-state index contributed by atoms with van der Waals surface area (Å²) in [5.41, 5.74) is -0.0262. The Balaban J connectivity index is 1.39. The molecule has 31 heavy (non-hydrogen) atoms. The van der Waals surface area contributed by atoms with Crippen LogP contribution in [0, 0.1) is 11.6 Å². The van der Waals surface area contributed by atoms with Crippen molar-refractivity contribution in [2.75, 3.05) is 57.4 Å². The first-order valence-electron chi connectivity index (χ1n) is 9.89. The van der Waals surface area contributed by atoms with Crippen molar-refractivity contribution in [3.63, 3.8) is 0 Å². The minimum atomic E-state index is -3.61. The molecule has 0 aliphatic carbocycles. The van der Waals surface area contributed by atoms with Crippen LogP contribution in [0.15, 0.2) is 41.4 Å². The van der Waals surface area contributed by atoms with Crippen LogP contribution in [0.2, 0.25) is 0 Å². The lowest BCUT2D eigenvalue weighted by atomic mass is 10.1. The number of sulfonamides is 1. The van der Waals surface area contributed by atoms with Crippen molar-refractivity contribution >= 4 is 21.7 Å². The largest absolute Gasteiger partial charge is 0.379 e. The number of aromatic nitrogens is 1. The fourth-order valence-electron chi connectivity index (χ4n) is 3.65. The molecular weight excluding hydrogens is 430 g/mol. The van der Waals surface area contributed by atoms with Crippen molar-refractivity contribution in [2.24, 2.45) is 0 Å². The number of hydrogen-bond donors (Lipinski definition) is 0. The standard InChI is InChI=1S/C20H22F2N4O4S/c21-16-11-15(12-17(22)13-16)20(27)25-5-3-24(4-6-25)19-2-1-18(14-23-19)31(28,29)26-7-9-30-10-8-26/h1-2,11-14H,3-10H2. The fraction of sp³-hybridized carbons (Fsp3) is 0.400. The van der Waals surface area contributed by atoms with Gasteiger partial charge < -0.3 is 14.5 Å². The number of carbonyl (C=O) groups excluding carboxylic acids is 1. The number of pyridine rings is 1. The number of carbonyl (C=O) groups is 1. The van der Waals surface area contributed by atoms with Gasteiger partial charge in [-0.2, -0.15) is 4.31 Å². The third-order valence-corrected chi connectivity index (χ3v) is 7.21. The number of morpholine rings is 1. The highest BCUT2D eigenvalue weighted by Gasteiger charge is 2.28. The topological polar surface area (TPSA) is 83.1 Å². The first kappa shape index (κ1) is 21.6. The molecule has 8 nitrogen and oxygen atoms in total. The smallest absolute Gasteiger partial charge is 0.254 e. The Morgan fingerprint density at radius 2 is 1.58 bits per heavy atom. The molecule has 2 aromatic rings. The summed E-state index contributed by atoms with van der Waals surface area (Å²) in [5.74, 6) is -1.42. The van der Waals surface area contributed by atoms with Crippen LogP contribution >= 0.6 is 0 Å². The first-order valence-corrected chi connectivity index (χ1v) is 11.3. The van der Waals surface area contributed by atoms with Crippen LogP contribution in [-0.2, 0) is 14.8 Å². The molecule has 0 unspecified atom stereocenters. The van der Waals surface area contributed by atoms with Crippen molar-refractivity contribution in [2.45, 2.75) is 4.90 Å². The normalized spacial score (nSPS) is 18.3. The van der Waals surface area contributed by atoms with E-state index in [0.717, 1.165) is 18.2 Å². The van der Waals surface area contributed by atoms with Gasteiger partial charge >= 0.3 is 0 Å². The Morgan fingerprint density at radius 1 is 0.935 bits per heavy atom. The number of piperazine rings is 1. The predicted molar refractivity (Wildman–Crippen MR) is 108 cm³/mol. The van der Waals surface area contributed by atoms with E-state index in [9.17, 15) is 22.0 Å². The summed E-state index contributed by atoms with van der Waals surface area (Å²) >= 11 is 0. The summed E-state index contributed by atoms with van der Waals surface area (Å²) in [7, 11) is -3.61. The van der Waals surface area contributed by atoms with Gasteiger partial charge in [0.2, 0.25) is 10.0 Å². The van der Waals surface area contributed by atoms with Crippen LogP contribution in [0.25, 0.3) is 0 Å². The molecule has 3 heterocycles. The zero-order valence-corrected chi connectivity index (χ0v) is 17.5. The summed E-state index contributed by atoms with van der Waals surface area (Å²) in [5, 5.41) is 0. The average molecular weight is 452 g/mol. The second-order valence-electron chi connectivity index (χ2n) is 7.31. The van der Waals surface area contributed by atoms with E-state index in [0.29, 0.717) is 58.3 Å². The van der Waals surface area contributed by atoms with Crippen molar-refractivity contribution in [1.29, 1.82) is 0 Å². The van der Waals surface area contributed by atoms with E-state index in [1.54, 1.807) is 6.07 Å². The number of ether oxygens (including phenoxy) is 1. The van der Waals surface area contributed by atoms with Gasteiger partial charge in [-0.1, -0.05) is 0 Å². The lowest BCUT2D eigenvalue weighted by Gasteiger charge is -2.35. The molecule has 0 spiro atoms. The van der Waals surface area contributed by atoms with Crippen LogP contribution < -0.4 is 4.90 Å². The molecule has 166 valence electrons. The zero-order chi connectivity index (χ0) is 22.0. The molecule has 0 atom stereocenters. The summed E-state index contributed by atoms with van der Waals surface area (Å²) in [6, 6.07) is 5.94. The Kier molecular flexibility index (Phi) is 6.17. The Hall–Kier alpha value is -2.63. The number of amides is 1. The van der Waals surface area contributed by atoms with Gasteiger partial charge in [0.05, 0.1) is 13.2 Å². The number of halogens is 2. The number of nitrogens with zero attached hydrogens (tertiary/aromatic N) is 4. The molecule has 1 aromatic heterocycles. The van der Waals surface area contributed by atoms with Gasteiger partial charge in [-0.15, -0.1) is 0 Å². The maximum Gasteiger partial charge on any atom is 0.254 e. The predicted octanol–water partition coefficient (Wildman–Crippen LogP) is 1.34. The molecule has 4 rings (SSSR count). The summed E-state index contributed by atoms with van der Waals surface area (Å²) in [6.45, 7) is 3.01. The lowest BCUT2D eigenvalue weighted by molar-refractivity contribution is 0.0730. The fourth-order valence-corrected chi connectivity index (χ4v) is 5.00. The van der Waals surface area contributed by atoms with Crippen molar-refractivity contribution < 1.29 is 26.7 Å². The molecule has 2 fully saturated rings. The molecule has 2 saturated heterocycles. The van der Waals surface area contributed by atoms with Crippen LogP contribution in [0.1, 0.15) is 10.4 Å². The number of anilines is 1. The van der Waals surface area contributed by atoms with Gasteiger partial charge in [0.15, 0.2) is 0 Å². The maximum atomic E-state index is 13.4. The first-order chi connectivity index (χ1) is 14.8. The van der Waals surface area contributed by atoms with E-state index >= 15 is 0 Å². The van der Waals surface area contributed by atoms with Crippen molar-refractivity contribution in [3.8, 4) is 0 Å². The van der Waals surface area contributed by atoms with E-state index < -0.39 is 27.6 Å². The third kappa shape index (κ3) is 4.68. The van der Waals surface area contributed by atoms with E-state index in [2.05, 4.69) is 4.98 Å². The monoisotopic (exact) mass is 452 g/mol. The van der Waals surface area contributed by atoms with Crippen LogP contribution in [0.3, 0.4) is 0 Å². The molecule has 2 aliphatic rings. The highest BCUT2D eigenvalue weighted by atomic mass is 32.2. The summed E-state index contributed by atoms with van der Waals surface area (Å²) < 4.78 is 58.8. The summed E-state index contributed by atoms with van der Waals surface area (Å²) in [6.07, 6.45) is 1.34. The molecule has 0 N–H and O–H groups in total. The minimum Gasteiger partial charge on any atom is -0.379 e. The minimum absolute atomic E-state index is 0.0262. The molecule has 0 saturated carbocycles. The maximum absolute atomic E-state index is 13.4. The van der Waals surface area contributed by atoms with E-state index in [-0.39, 0.29) is 10.5 Å². The number of rotatable bonds is 4. The second-order valence-corrected chi connectivity index (χ2v) is 9.24. The molecule has 2 aliphatic heterocycles. The van der Waals surface area contributed by atoms with Crippen molar-refractivity contribution in [1.82, 2.24) is 14.2 Å². The van der Waals surface area contributed by atoms with Gasteiger partial charge in [-0.3, -0.25) is 4.79 Å². The quantitative estimate of drug-likeness (QED) is 0.697. The Morgan fingerprint density at radius 3 is 2.16 bits per heavy atom. The van der Waals surface area contributed by atoms with Crippen molar-refractivity contribution in [3.05, 3.63) is 53.7 Å². The van der Waals surface area contributed by atoms with Gasteiger partial charge in [-0.05, 0) is 24.3 Å². The Labute approximate surface area is 179 Å². The van der Waals surface area contributed by atoms with E-state index in [1.165, 1.54) is 21.5 Å². The molecular formula is C20H22F2N4O4S. The van der Waals surface area contributed by atoms with Crippen LogP contribution in [0.4, 0.5) is 14.6 Å². The highest BCUT2D eigenvalue weighted by molar-refractivity contribution is 7.89. The van der Waals surface area contributed by atoms with Gasteiger partial charge in [0.1, 0.15) is 22.3 Å². The van der Waals surface area contributed by atoms with Gasteiger partial charge in [0, 0.05) is 57.1 Å². The highest BCUT2D eigenvalue weighted by Crippen LogP contribution is 2.21. The lowest BCUT2D eigenvalue weighted by Crippen LogP contribution is -2.49. The molecule has 1 aromatic carbocycles.